The van der Waals surface area contributed by atoms with Crippen molar-refractivity contribution in [2.45, 2.75) is 13.8 Å². The predicted octanol–water partition coefficient (Wildman–Crippen LogP) is 0.308. The molecule has 0 amide bonds. The van der Waals surface area contributed by atoms with E-state index in [4.69, 9.17) is 18.0 Å². The van der Waals surface area contributed by atoms with E-state index < -0.39 is 0 Å². The zero-order chi connectivity index (χ0) is 11.7. The van der Waals surface area contributed by atoms with Crippen LogP contribution in [0.1, 0.15) is 17.3 Å². The largest absolute Gasteiger partial charge is 0.388 e. The zero-order valence-electron chi connectivity index (χ0n) is 8.88. The van der Waals surface area contributed by atoms with Crippen LogP contribution in [0, 0.1) is 13.8 Å². The summed E-state index contributed by atoms with van der Waals surface area (Å²) >= 11 is 4.79. The van der Waals surface area contributed by atoms with E-state index in [0.717, 1.165) is 5.82 Å². The first-order chi connectivity index (χ1) is 7.58. The Bertz CT molecular complexity index is 529. The second kappa shape index (κ2) is 3.93. The summed E-state index contributed by atoms with van der Waals surface area (Å²) in [4.78, 5) is 12.7. The maximum atomic E-state index is 5.43. The highest BCUT2D eigenvalue weighted by molar-refractivity contribution is 7.80. The molecule has 16 heavy (non-hydrogen) atoms. The molecule has 7 heteroatoms. The van der Waals surface area contributed by atoms with Crippen LogP contribution in [0.25, 0.3) is 5.82 Å². The Morgan fingerprint density at radius 3 is 2.50 bits per heavy atom. The fraction of sp³-hybridized carbons (Fsp3) is 0.222. The van der Waals surface area contributed by atoms with Crippen LogP contribution >= 0.6 is 12.2 Å². The third kappa shape index (κ3) is 1.89. The Hall–Kier alpha value is -1.89. The minimum Gasteiger partial charge on any atom is -0.388 e. The van der Waals surface area contributed by atoms with Crippen molar-refractivity contribution in [2.24, 2.45) is 5.73 Å². The van der Waals surface area contributed by atoms with Gasteiger partial charge < -0.3 is 5.73 Å². The molecule has 0 unspecified atom stereocenters. The Labute approximate surface area is 97.5 Å². The van der Waals surface area contributed by atoms with Crippen molar-refractivity contribution in [2.75, 3.05) is 0 Å². The van der Waals surface area contributed by atoms with Crippen molar-refractivity contribution >= 4 is 17.2 Å². The summed E-state index contributed by atoms with van der Waals surface area (Å²) in [5.41, 5.74) is 5.92. The van der Waals surface area contributed by atoms with E-state index >= 15 is 0 Å². The maximum absolute atomic E-state index is 5.43. The van der Waals surface area contributed by atoms with Crippen LogP contribution in [0.3, 0.4) is 0 Å². The Morgan fingerprint density at radius 1 is 1.31 bits per heavy atom. The number of nitrogens with two attached hydrogens (primary N) is 1. The summed E-state index contributed by atoms with van der Waals surface area (Å²) in [7, 11) is 0. The molecule has 0 saturated carbocycles. The van der Waals surface area contributed by atoms with Gasteiger partial charge in [-0.2, -0.15) is 4.68 Å². The van der Waals surface area contributed by atoms with E-state index in [1.807, 2.05) is 13.8 Å². The zero-order valence-corrected chi connectivity index (χ0v) is 9.69. The number of nitrogens with zero attached hydrogens (tertiary/aromatic N) is 5. The van der Waals surface area contributed by atoms with E-state index in [2.05, 4.69) is 20.1 Å². The van der Waals surface area contributed by atoms with Gasteiger partial charge in [0, 0.05) is 0 Å². The molecular formula is C9H10N6S. The molecule has 2 heterocycles. The van der Waals surface area contributed by atoms with Gasteiger partial charge in [-0.3, -0.25) is 0 Å². The van der Waals surface area contributed by atoms with Gasteiger partial charge in [0.1, 0.15) is 22.3 Å². The van der Waals surface area contributed by atoms with Crippen molar-refractivity contribution in [1.29, 1.82) is 0 Å². The molecular weight excluding hydrogens is 224 g/mol. The lowest BCUT2D eigenvalue weighted by atomic mass is 10.4. The highest BCUT2D eigenvalue weighted by atomic mass is 32.1. The molecule has 0 aromatic carbocycles. The number of hydrogen-bond donors (Lipinski definition) is 1. The van der Waals surface area contributed by atoms with Gasteiger partial charge in [0.15, 0.2) is 5.82 Å². The Morgan fingerprint density at radius 2 is 2.06 bits per heavy atom. The number of aromatic nitrogens is 5. The summed E-state index contributed by atoms with van der Waals surface area (Å²) in [5.74, 6) is 2.05. The molecule has 0 bridgehead atoms. The second-order valence-electron chi connectivity index (χ2n) is 3.24. The van der Waals surface area contributed by atoms with Gasteiger partial charge in [0.25, 0.3) is 0 Å². The van der Waals surface area contributed by atoms with E-state index in [-0.39, 0.29) is 4.99 Å². The first-order valence-electron chi connectivity index (χ1n) is 4.60. The first-order valence-corrected chi connectivity index (χ1v) is 5.01. The topological polar surface area (TPSA) is 82.5 Å². The maximum Gasteiger partial charge on any atom is 0.174 e. The fourth-order valence-corrected chi connectivity index (χ4v) is 1.40. The van der Waals surface area contributed by atoms with Crippen molar-refractivity contribution in [1.82, 2.24) is 24.7 Å². The van der Waals surface area contributed by atoms with Crippen molar-refractivity contribution in [3.63, 3.8) is 0 Å². The van der Waals surface area contributed by atoms with Gasteiger partial charge in [-0.25, -0.2) is 15.0 Å². The van der Waals surface area contributed by atoms with Crippen LogP contribution < -0.4 is 5.73 Å². The number of rotatable bonds is 2. The third-order valence-electron chi connectivity index (χ3n) is 1.98. The van der Waals surface area contributed by atoms with Crippen LogP contribution in [-0.4, -0.2) is 29.7 Å². The molecule has 0 saturated heterocycles. The molecule has 0 radical (unpaired) electrons. The Kier molecular flexibility index (Phi) is 2.61. The Balaban J connectivity index is 2.42. The number of hydrogen-bond acceptors (Lipinski definition) is 5. The molecule has 2 rings (SSSR count). The van der Waals surface area contributed by atoms with Crippen LogP contribution in [0.5, 0.6) is 0 Å². The molecule has 2 aromatic rings. The smallest absolute Gasteiger partial charge is 0.174 e. The van der Waals surface area contributed by atoms with Gasteiger partial charge in [-0.05, 0) is 13.8 Å². The highest BCUT2D eigenvalue weighted by Gasteiger charge is 2.07. The molecule has 2 N–H and O–H groups in total. The van der Waals surface area contributed by atoms with Crippen LogP contribution in [-0.2, 0) is 0 Å². The monoisotopic (exact) mass is 234 g/mol. The quantitative estimate of drug-likeness (QED) is 0.753. The van der Waals surface area contributed by atoms with E-state index in [1.54, 1.807) is 10.9 Å². The van der Waals surface area contributed by atoms with Gasteiger partial charge in [0.2, 0.25) is 0 Å². The van der Waals surface area contributed by atoms with E-state index in [9.17, 15) is 0 Å². The molecule has 0 aliphatic carbocycles. The molecule has 6 nitrogen and oxygen atoms in total. The minimum absolute atomic E-state index is 0.227. The van der Waals surface area contributed by atoms with Gasteiger partial charge in [0.05, 0.1) is 12.4 Å². The second-order valence-corrected chi connectivity index (χ2v) is 3.68. The lowest BCUT2D eigenvalue weighted by molar-refractivity contribution is 0.796. The summed E-state index contributed by atoms with van der Waals surface area (Å²) in [6.07, 6.45) is 3.09. The average molecular weight is 234 g/mol. The standard InChI is InChI=1S/C9H10N6S/c1-5-13-6(2)15(14-5)8-4-11-7(3-12-8)9(10)16/h3-4H,1-2H3,(H2,10,16). The fourth-order valence-electron chi connectivity index (χ4n) is 1.30. The lowest BCUT2D eigenvalue weighted by Gasteiger charge is -2.02. The average Bonchev–Trinajstić information content (AvgIpc) is 2.58. The summed E-state index contributed by atoms with van der Waals surface area (Å²) in [5, 5.41) is 4.19. The number of thiocarbonyl (C=S) groups is 1. The van der Waals surface area contributed by atoms with Crippen molar-refractivity contribution < 1.29 is 0 Å². The van der Waals surface area contributed by atoms with Crippen LogP contribution in [0.15, 0.2) is 12.4 Å². The lowest BCUT2D eigenvalue weighted by Crippen LogP contribution is -2.13. The molecule has 2 aromatic heterocycles. The number of aryl methyl sites for hydroxylation is 2. The van der Waals surface area contributed by atoms with E-state index in [1.165, 1.54) is 6.20 Å². The minimum atomic E-state index is 0.227. The molecule has 0 fully saturated rings. The highest BCUT2D eigenvalue weighted by Crippen LogP contribution is 2.05. The SMILES string of the molecule is Cc1nc(C)n(-c2cnc(C(N)=S)cn2)n1. The molecule has 0 aliphatic heterocycles. The summed E-state index contributed by atoms with van der Waals surface area (Å²) in [6, 6.07) is 0. The van der Waals surface area contributed by atoms with Crippen molar-refractivity contribution in [3.8, 4) is 5.82 Å². The van der Waals surface area contributed by atoms with E-state index in [0.29, 0.717) is 17.3 Å². The van der Waals surface area contributed by atoms with Crippen LogP contribution in [0.2, 0.25) is 0 Å². The van der Waals surface area contributed by atoms with Gasteiger partial charge in [-0.15, -0.1) is 5.10 Å². The third-order valence-corrected chi connectivity index (χ3v) is 2.19. The first kappa shape index (κ1) is 10.6. The normalized spacial score (nSPS) is 10.4. The summed E-state index contributed by atoms with van der Waals surface area (Å²) < 4.78 is 1.62. The van der Waals surface area contributed by atoms with Crippen LogP contribution in [0.4, 0.5) is 0 Å². The summed E-state index contributed by atoms with van der Waals surface area (Å²) in [6.45, 7) is 3.67. The molecule has 0 spiro atoms. The predicted molar refractivity (Wildman–Crippen MR) is 62.3 cm³/mol. The molecule has 82 valence electrons. The van der Waals surface area contributed by atoms with Crippen molar-refractivity contribution in [3.05, 3.63) is 29.7 Å². The van der Waals surface area contributed by atoms with Gasteiger partial charge in [-0.1, -0.05) is 12.2 Å². The van der Waals surface area contributed by atoms with Gasteiger partial charge >= 0.3 is 0 Å². The molecule has 0 atom stereocenters. The molecule has 0 aliphatic rings.